The fraction of sp³-hybridized carbons (Fsp3) is 0. The van der Waals surface area contributed by atoms with Gasteiger partial charge in [-0.25, -0.2) is 9.97 Å². The summed E-state index contributed by atoms with van der Waals surface area (Å²) in [6.07, 6.45) is 14.3. The third-order valence-corrected chi connectivity index (χ3v) is 7.39. The van der Waals surface area contributed by atoms with Crippen LogP contribution in [0.3, 0.4) is 0 Å². The van der Waals surface area contributed by atoms with E-state index >= 15 is 0 Å². The first kappa shape index (κ1) is 32.7. The van der Waals surface area contributed by atoms with Gasteiger partial charge in [-0.05, 0) is 119 Å². The van der Waals surface area contributed by atoms with Crippen molar-refractivity contribution in [1.82, 2.24) is 39.9 Å². The van der Waals surface area contributed by atoms with Crippen LogP contribution in [0.5, 0.6) is 0 Å². The molecule has 0 unspecified atom stereocenters. The average molecular weight is 677 g/mol. The SMILES string of the molecule is [Fe+2].c1ccc(-c2cc(-c3ccncc3)cc(-c3ccccn3)n2)nc1.c1ccc(-c2cc(-c3ccncc3)cc(-c3ccccn3)n2)nc1. The van der Waals surface area contributed by atoms with Gasteiger partial charge >= 0.3 is 17.1 Å². The Morgan fingerprint density at radius 1 is 0.265 bits per heavy atom. The summed E-state index contributed by atoms with van der Waals surface area (Å²) in [5, 5.41) is 0. The maximum absolute atomic E-state index is 4.76. The van der Waals surface area contributed by atoms with Gasteiger partial charge in [-0.2, -0.15) is 0 Å². The molecule has 8 aromatic heterocycles. The Kier molecular flexibility index (Phi) is 10.7. The van der Waals surface area contributed by atoms with Crippen molar-refractivity contribution in [3.63, 3.8) is 0 Å². The third-order valence-electron chi connectivity index (χ3n) is 7.39. The molecule has 9 heteroatoms. The van der Waals surface area contributed by atoms with E-state index in [1.807, 2.05) is 121 Å². The van der Waals surface area contributed by atoms with Crippen molar-refractivity contribution in [1.29, 1.82) is 0 Å². The fourth-order valence-corrected chi connectivity index (χ4v) is 5.07. The first-order chi connectivity index (χ1) is 23.8. The summed E-state index contributed by atoms with van der Waals surface area (Å²) in [6.45, 7) is 0. The van der Waals surface area contributed by atoms with Crippen molar-refractivity contribution in [2.45, 2.75) is 0 Å². The van der Waals surface area contributed by atoms with Crippen molar-refractivity contribution in [3.8, 4) is 67.8 Å². The van der Waals surface area contributed by atoms with Crippen LogP contribution in [0.15, 0.2) is 171 Å². The van der Waals surface area contributed by atoms with Gasteiger partial charge in [-0.1, -0.05) is 24.3 Å². The Labute approximate surface area is 294 Å². The summed E-state index contributed by atoms with van der Waals surface area (Å²) >= 11 is 0. The molecule has 8 rings (SSSR count). The van der Waals surface area contributed by atoms with E-state index in [0.717, 1.165) is 67.8 Å². The molecular formula is C40H28FeN8+2. The summed E-state index contributed by atoms with van der Waals surface area (Å²) < 4.78 is 0. The Balaban J connectivity index is 0.000000167. The minimum Gasteiger partial charge on any atom is -0.265 e. The second-order valence-corrected chi connectivity index (χ2v) is 10.6. The Bertz CT molecular complexity index is 1770. The van der Waals surface area contributed by atoms with Gasteiger partial charge in [-0.3, -0.25) is 29.9 Å². The molecule has 0 saturated carbocycles. The quantitative estimate of drug-likeness (QED) is 0.162. The van der Waals surface area contributed by atoms with E-state index in [9.17, 15) is 0 Å². The van der Waals surface area contributed by atoms with E-state index in [1.165, 1.54) is 0 Å². The Hall–Kier alpha value is -6.28. The molecule has 0 aromatic carbocycles. The number of hydrogen-bond donors (Lipinski definition) is 0. The summed E-state index contributed by atoms with van der Waals surface area (Å²) in [6, 6.07) is 39.4. The van der Waals surface area contributed by atoms with Gasteiger partial charge in [0.05, 0.1) is 45.6 Å². The molecule has 0 spiro atoms. The number of rotatable bonds is 6. The molecule has 0 amide bonds. The largest absolute Gasteiger partial charge is 2.00 e. The van der Waals surface area contributed by atoms with E-state index in [0.29, 0.717) is 0 Å². The predicted octanol–water partition coefficient (Wildman–Crippen LogP) is 8.53. The van der Waals surface area contributed by atoms with Crippen LogP contribution in [-0.4, -0.2) is 39.9 Å². The smallest absolute Gasteiger partial charge is 0.265 e. The molecule has 8 aromatic rings. The molecule has 0 bridgehead atoms. The minimum atomic E-state index is 0. The molecule has 8 heterocycles. The molecule has 0 saturated heterocycles. The zero-order valence-corrected chi connectivity index (χ0v) is 27.2. The normalized spacial score (nSPS) is 10.3. The second kappa shape index (κ2) is 16.0. The average Bonchev–Trinajstić information content (AvgIpc) is 3.20. The van der Waals surface area contributed by atoms with Gasteiger partial charge in [0.15, 0.2) is 0 Å². The molecule has 0 aliphatic carbocycles. The minimum absolute atomic E-state index is 0. The first-order valence-electron chi connectivity index (χ1n) is 15.3. The predicted molar refractivity (Wildman–Crippen MR) is 188 cm³/mol. The number of aromatic nitrogens is 8. The molecule has 0 N–H and O–H groups in total. The van der Waals surface area contributed by atoms with E-state index in [2.05, 4.69) is 29.9 Å². The van der Waals surface area contributed by atoms with Crippen LogP contribution in [0, 0.1) is 0 Å². The molecule has 0 radical (unpaired) electrons. The summed E-state index contributed by atoms with van der Waals surface area (Å²) in [5.41, 5.74) is 10.9. The van der Waals surface area contributed by atoms with Crippen molar-refractivity contribution in [2.75, 3.05) is 0 Å². The topological polar surface area (TPSA) is 103 Å². The molecule has 0 atom stereocenters. The van der Waals surface area contributed by atoms with Gasteiger partial charge < -0.3 is 0 Å². The van der Waals surface area contributed by atoms with Gasteiger partial charge in [-0.15, -0.1) is 0 Å². The second-order valence-electron chi connectivity index (χ2n) is 10.6. The van der Waals surface area contributed by atoms with Crippen LogP contribution in [-0.2, 0) is 17.1 Å². The van der Waals surface area contributed by atoms with Crippen molar-refractivity contribution >= 4 is 0 Å². The van der Waals surface area contributed by atoms with Crippen LogP contribution < -0.4 is 0 Å². The molecule has 0 aliphatic rings. The van der Waals surface area contributed by atoms with E-state index in [1.54, 1.807) is 49.6 Å². The van der Waals surface area contributed by atoms with Gasteiger partial charge in [0.2, 0.25) is 0 Å². The monoisotopic (exact) mass is 676 g/mol. The maximum atomic E-state index is 4.76. The molecule has 8 nitrogen and oxygen atoms in total. The molecule has 0 fully saturated rings. The fourth-order valence-electron chi connectivity index (χ4n) is 5.07. The summed E-state index contributed by atoms with van der Waals surface area (Å²) in [5.74, 6) is 0. The number of hydrogen-bond acceptors (Lipinski definition) is 8. The van der Waals surface area contributed by atoms with Crippen LogP contribution in [0.1, 0.15) is 0 Å². The van der Waals surface area contributed by atoms with Crippen LogP contribution in [0.2, 0.25) is 0 Å². The van der Waals surface area contributed by atoms with Crippen LogP contribution in [0.4, 0.5) is 0 Å². The van der Waals surface area contributed by atoms with Crippen molar-refractivity contribution < 1.29 is 17.1 Å². The van der Waals surface area contributed by atoms with Gasteiger partial charge in [0.1, 0.15) is 0 Å². The Morgan fingerprint density at radius 2 is 0.551 bits per heavy atom. The number of pyridine rings is 8. The van der Waals surface area contributed by atoms with Crippen LogP contribution in [0.25, 0.3) is 67.8 Å². The van der Waals surface area contributed by atoms with Gasteiger partial charge in [0, 0.05) is 49.6 Å². The van der Waals surface area contributed by atoms with E-state index in [-0.39, 0.29) is 17.1 Å². The molecular weight excluding hydrogens is 648 g/mol. The maximum Gasteiger partial charge on any atom is 2.00 e. The summed E-state index contributed by atoms with van der Waals surface area (Å²) in [7, 11) is 0. The van der Waals surface area contributed by atoms with E-state index in [4.69, 9.17) is 9.97 Å². The van der Waals surface area contributed by atoms with Crippen molar-refractivity contribution in [2.24, 2.45) is 0 Å². The zero-order chi connectivity index (χ0) is 32.4. The zero-order valence-electron chi connectivity index (χ0n) is 26.1. The van der Waals surface area contributed by atoms with Gasteiger partial charge in [0.25, 0.3) is 0 Å². The number of nitrogens with zero attached hydrogens (tertiary/aromatic N) is 8. The Morgan fingerprint density at radius 3 is 0.796 bits per heavy atom. The van der Waals surface area contributed by atoms with E-state index < -0.39 is 0 Å². The first-order valence-corrected chi connectivity index (χ1v) is 15.3. The van der Waals surface area contributed by atoms with Crippen molar-refractivity contribution in [3.05, 3.63) is 171 Å². The third kappa shape index (κ3) is 8.18. The summed E-state index contributed by atoms with van der Waals surface area (Å²) in [4.78, 5) is 35.4. The standard InChI is InChI=1S/2C20H14N4.Fe/c2*1-3-9-22-17(5-1)19-13-16(15-7-11-21-12-8-15)14-20(24-19)18-6-2-4-10-23-18;/h2*1-14H;/q;;+2. The molecule has 234 valence electrons. The molecule has 0 aliphatic heterocycles. The van der Waals surface area contributed by atoms with Crippen LogP contribution >= 0.6 is 0 Å². The molecule has 49 heavy (non-hydrogen) atoms.